The number of aromatic nitrogens is 3. The molecule has 1 atom stereocenters. The van der Waals surface area contributed by atoms with E-state index in [1.165, 1.54) is 6.33 Å². The third kappa shape index (κ3) is 3.69. The van der Waals surface area contributed by atoms with Crippen LogP contribution in [0.1, 0.15) is 46.5 Å². The molecule has 104 valence electrons. The van der Waals surface area contributed by atoms with Crippen LogP contribution >= 0.6 is 11.6 Å². The number of rotatable bonds is 8. The molecule has 0 saturated carbocycles. The van der Waals surface area contributed by atoms with Crippen molar-refractivity contribution in [2.75, 3.05) is 5.88 Å². The van der Waals surface area contributed by atoms with Gasteiger partial charge in [-0.2, -0.15) is 5.10 Å². The molecule has 0 aliphatic heterocycles. The Morgan fingerprint density at radius 3 is 2.56 bits per heavy atom. The fourth-order valence-electron chi connectivity index (χ4n) is 2.01. The Morgan fingerprint density at radius 1 is 1.33 bits per heavy atom. The monoisotopic (exact) mass is 273 g/mol. The summed E-state index contributed by atoms with van der Waals surface area (Å²) < 4.78 is 1.68. The van der Waals surface area contributed by atoms with Crippen molar-refractivity contribution in [2.24, 2.45) is 5.41 Å². The molecular weight excluding hydrogens is 250 g/mol. The van der Waals surface area contributed by atoms with E-state index in [-0.39, 0.29) is 5.41 Å². The second-order valence-electron chi connectivity index (χ2n) is 5.60. The van der Waals surface area contributed by atoms with Crippen molar-refractivity contribution in [1.29, 1.82) is 0 Å². The van der Waals surface area contributed by atoms with E-state index in [1.54, 1.807) is 11.0 Å². The molecule has 0 saturated heterocycles. The van der Waals surface area contributed by atoms with Crippen LogP contribution in [0.25, 0.3) is 0 Å². The summed E-state index contributed by atoms with van der Waals surface area (Å²) in [5.74, 6) is 0.421. The molecule has 0 aliphatic rings. The van der Waals surface area contributed by atoms with Gasteiger partial charge in [0, 0.05) is 11.3 Å². The smallest absolute Gasteiger partial charge is 0.137 e. The first-order valence-electron chi connectivity index (χ1n) is 6.56. The summed E-state index contributed by atoms with van der Waals surface area (Å²) >= 11 is 6.03. The topological polar surface area (TPSA) is 50.9 Å². The maximum atomic E-state index is 11.0. The van der Waals surface area contributed by atoms with Crippen LogP contribution < -0.4 is 0 Å². The van der Waals surface area contributed by atoms with Gasteiger partial charge in [0.05, 0.1) is 12.1 Å². The van der Waals surface area contributed by atoms with Crippen LogP contribution in [0.2, 0.25) is 0 Å². The lowest BCUT2D eigenvalue weighted by molar-refractivity contribution is -0.0796. The molecule has 0 spiro atoms. The van der Waals surface area contributed by atoms with Crippen LogP contribution in [0.15, 0.2) is 12.7 Å². The van der Waals surface area contributed by atoms with Crippen LogP contribution in [0.5, 0.6) is 0 Å². The Kier molecular flexibility index (Phi) is 5.60. The predicted octanol–water partition coefficient (Wildman–Crippen LogP) is 2.85. The highest BCUT2D eigenvalue weighted by molar-refractivity contribution is 6.18. The molecule has 18 heavy (non-hydrogen) atoms. The molecule has 0 amide bonds. The van der Waals surface area contributed by atoms with E-state index in [1.807, 2.05) is 13.8 Å². The fraction of sp³-hybridized carbons (Fsp3) is 0.846. The molecule has 0 fully saturated rings. The number of halogens is 1. The quantitative estimate of drug-likeness (QED) is 0.585. The average molecular weight is 274 g/mol. The van der Waals surface area contributed by atoms with Crippen LogP contribution in [0.3, 0.4) is 0 Å². The van der Waals surface area contributed by atoms with Gasteiger partial charge < -0.3 is 5.11 Å². The summed E-state index contributed by atoms with van der Waals surface area (Å²) in [5.41, 5.74) is -1.20. The van der Waals surface area contributed by atoms with Crippen molar-refractivity contribution in [2.45, 2.75) is 58.6 Å². The Morgan fingerprint density at radius 2 is 2.06 bits per heavy atom. The van der Waals surface area contributed by atoms with Gasteiger partial charge in [-0.3, -0.25) is 4.68 Å². The molecule has 0 aromatic carbocycles. The summed E-state index contributed by atoms with van der Waals surface area (Å²) in [5, 5.41) is 15.0. The van der Waals surface area contributed by atoms with Crippen molar-refractivity contribution >= 4 is 11.6 Å². The van der Waals surface area contributed by atoms with Gasteiger partial charge >= 0.3 is 0 Å². The van der Waals surface area contributed by atoms with Crippen LogP contribution in [0.4, 0.5) is 0 Å². The first kappa shape index (κ1) is 15.4. The minimum Gasteiger partial charge on any atom is -0.387 e. The van der Waals surface area contributed by atoms with Crippen molar-refractivity contribution in [3.63, 3.8) is 0 Å². The summed E-state index contributed by atoms with van der Waals surface area (Å²) in [6.07, 6.45) is 7.12. The molecule has 1 aromatic rings. The number of nitrogens with zero attached hydrogens (tertiary/aromatic N) is 3. The standard InChI is InChI=1S/C13H24ClN3O/c1-4-5-6-7-13(18,12(2,3)8-14)9-17-11-15-10-16-17/h10-11,18H,4-9H2,1-3H3. The maximum absolute atomic E-state index is 11.0. The Balaban J connectivity index is 2.79. The zero-order valence-electron chi connectivity index (χ0n) is 11.6. The number of hydrogen-bond donors (Lipinski definition) is 1. The Labute approximate surface area is 114 Å². The van der Waals surface area contributed by atoms with E-state index in [2.05, 4.69) is 17.0 Å². The highest BCUT2D eigenvalue weighted by atomic mass is 35.5. The second-order valence-corrected chi connectivity index (χ2v) is 5.87. The van der Waals surface area contributed by atoms with Crippen molar-refractivity contribution in [1.82, 2.24) is 14.8 Å². The van der Waals surface area contributed by atoms with E-state index in [0.717, 1.165) is 25.7 Å². The predicted molar refractivity (Wildman–Crippen MR) is 73.6 cm³/mol. The van der Waals surface area contributed by atoms with Crippen LogP contribution in [-0.2, 0) is 6.54 Å². The zero-order valence-corrected chi connectivity index (χ0v) is 12.3. The minimum atomic E-state index is -0.850. The van der Waals surface area contributed by atoms with Gasteiger partial charge in [0.15, 0.2) is 0 Å². The Bertz CT molecular complexity index is 340. The molecule has 1 N–H and O–H groups in total. The highest BCUT2D eigenvalue weighted by Crippen LogP contribution is 2.37. The third-order valence-corrected chi connectivity index (χ3v) is 4.35. The van der Waals surface area contributed by atoms with E-state index in [9.17, 15) is 5.11 Å². The lowest BCUT2D eigenvalue weighted by Crippen LogP contribution is -2.49. The summed E-state index contributed by atoms with van der Waals surface area (Å²) in [7, 11) is 0. The number of alkyl halides is 1. The number of aliphatic hydroxyl groups is 1. The van der Waals surface area contributed by atoms with Gasteiger partial charge in [-0.05, 0) is 6.42 Å². The molecule has 0 radical (unpaired) electrons. The van der Waals surface area contributed by atoms with Gasteiger partial charge in [0.2, 0.25) is 0 Å². The molecule has 4 nitrogen and oxygen atoms in total. The van der Waals surface area contributed by atoms with Gasteiger partial charge in [0.1, 0.15) is 12.7 Å². The molecule has 0 aliphatic carbocycles. The fourth-order valence-corrected chi connectivity index (χ4v) is 2.25. The zero-order chi connectivity index (χ0) is 13.6. The van der Waals surface area contributed by atoms with Crippen LogP contribution in [-0.4, -0.2) is 31.4 Å². The minimum absolute atomic E-state index is 0.353. The van der Waals surface area contributed by atoms with Crippen molar-refractivity contribution in [3.8, 4) is 0 Å². The largest absolute Gasteiger partial charge is 0.387 e. The summed E-state index contributed by atoms with van der Waals surface area (Å²) in [4.78, 5) is 3.92. The first-order valence-corrected chi connectivity index (χ1v) is 7.09. The van der Waals surface area contributed by atoms with E-state index >= 15 is 0 Å². The molecule has 0 bridgehead atoms. The lowest BCUT2D eigenvalue weighted by atomic mass is 9.73. The highest BCUT2D eigenvalue weighted by Gasteiger charge is 2.42. The van der Waals surface area contributed by atoms with Crippen molar-refractivity contribution in [3.05, 3.63) is 12.7 Å². The average Bonchev–Trinajstić information content (AvgIpc) is 2.82. The molecular formula is C13H24ClN3O. The van der Waals surface area contributed by atoms with Gasteiger partial charge in [0.25, 0.3) is 0 Å². The maximum Gasteiger partial charge on any atom is 0.137 e. The summed E-state index contributed by atoms with van der Waals surface area (Å²) in [6, 6.07) is 0. The lowest BCUT2D eigenvalue weighted by Gasteiger charge is -2.41. The first-order chi connectivity index (χ1) is 8.45. The second kappa shape index (κ2) is 6.53. The molecule has 1 heterocycles. The normalized spacial score (nSPS) is 15.6. The molecule has 1 aromatic heterocycles. The summed E-state index contributed by atoms with van der Waals surface area (Å²) in [6.45, 7) is 6.60. The number of hydrogen-bond acceptors (Lipinski definition) is 3. The third-order valence-electron chi connectivity index (χ3n) is 3.68. The Hall–Kier alpha value is -0.610. The van der Waals surface area contributed by atoms with Crippen LogP contribution in [0, 0.1) is 5.41 Å². The van der Waals surface area contributed by atoms with E-state index < -0.39 is 5.60 Å². The van der Waals surface area contributed by atoms with Crippen molar-refractivity contribution < 1.29 is 5.11 Å². The molecule has 5 heteroatoms. The number of unbranched alkanes of at least 4 members (excludes halogenated alkanes) is 2. The van der Waals surface area contributed by atoms with E-state index in [0.29, 0.717) is 12.4 Å². The van der Waals surface area contributed by atoms with Gasteiger partial charge in [-0.25, -0.2) is 4.98 Å². The molecule has 1 unspecified atom stereocenters. The molecule has 1 rings (SSSR count). The van der Waals surface area contributed by atoms with Gasteiger partial charge in [-0.1, -0.05) is 40.0 Å². The van der Waals surface area contributed by atoms with Gasteiger partial charge in [-0.15, -0.1) is 11.6 Å². The SMILES string of the molecule is CCCCCC(O)(Cn1cncn1)C(C)(C)CCl. The van der Waals surface area contributed by atoms with E-state index in [4.69, 9.17) is 11.6 Å².